The van der Waals surface area contributed by atoms with E-state index >= 15 is 0 Å². The van der Waals surface area contributed by atoms with Gasteiger partial charge in [0.05, 0.1) is 6.10 Å². The average molecular weight is 538 g/mol. The van der Waals surface area contributed by atoms with E-state index in [0.717, 1.165) is 83.9 Å². The number of amides is 1. The van der Waals surface area contributed by atoms with Crippen LogP contribution in [0.3, 0.4) is 0 Å². The molecule has 0 spiro atoms. The lowest BCUT2D eigenvalue weighted by Gasteiger charge is -2.30. The third kappa shape index (κ3) is 11.7. The number of likely N-dealkylation sites (tertiary alicyclic amines) is 1. The molecule has 1 aliphatic heterocycles. The maximum Gasteiger partial charge on any atom is 0.220 e. The Morgan fingerprint density at radius 1 is 1.07 bits per heavy atom. The smallest absolute Gasteiger partial charge is 0.220 e. The monoisotopic (exact) mass is 537 g/mol. The van der Waals surface area contributed by atoms with Gasteiger partial charge in [0.15, 0.2) is 5.96 Å². The van der Waals surface area contributed by atoms with Crippen molar-refractivity contribution in [1.82, 2.24) is 15.5 Å². The number of hydrogen-bond acceptors (Lipinski definition) is 4. The molecule has 0 aromatic rings. The van der Waals surface area contributed by atoms with Gasteiger partial charge in [-0.3, -0.25) is 9.79 Å². The number of ether oxygens (including phenoxy) is 1. The van der Waals surface area contributed by atoms with Crippen LogP contribution in [0.4, 0.5) is 0 Å². The van der Waals surface area contributed by atoms with Crippen LogP contribution in [0.1, 0.15) is 71.1 Å². The van der Waals surface area contributed by atoms with Gasteiger partial charge in [-0.2, -0.15) is 0 Å². The van der Waals surface area contributed by atoms with Crippen LogP contribution in [0.5, 0.6) is 0 Å². The number of carbonyl (C=O) groups is 1. The van der Waals surface area contributed by atoms with Crippen LogP contribution in [0.2, 0.25) is 0 Å². The summed E-state index contributed by atoms with van der Waals surface area (Å²) in [5.74, 6) is 0.858. The normalized spacial score (nSPS) is 19.3. The lowest BCUT2D eigenvalue weighted by Crippen LogP contribution is -2.39. The van der Waals surface area contributed by atoms with E-state index in [4.69, 9.17) is 10.5 Å². The highest BCUT2D eigenvalue weighted by molar-refractivity contribution is 14.0. The van der Waals surface area contributed by atoms with Gasteiger partial charge in [0.25, 0.3) is 0 Å². The molecule has 2 rings (SSSR count). The molecule has 0 aromatic heterocycles. The SMILES string of the molecule is CCNC(=NCCCOC1CCCCC1)NCCCCN1CCC(C(N)=O)CC1.I. The molecule has 0 bridgehead atoms. The fourth-order valence-electron chi connectivity index (χ4n) is 4.19. The number of primary amides is 1. The topological polar surface area (TPSA) is 92.0 Å². The number of nitrogens with two attached hydrogens (primary N) is 1. The molecular formula is C22H44IN5O2. The number of rotatable bonds is 12. The first-order valence-electron chi connectivity index (χ1n) is 11.8. The highest BCUT2D eigenvalue weighted by Crippen LogP contribution is 2.20. The molecule has 2 fully saturated rings. The zero-order valence-electron chi connectivity index (χ0n) is 18.9. The molecule has 2 aliphatic rings. The van der Waals surface area contributed by atoms with Gasteiger partial charge < -0.3 is 26.0 Å². The maximum absolute atomic E-state index is 11.2. The minimum absolute atomic E-state index is 0. The van der Waals surface area contributed by atoms with Gasteiger partial charge >= 0.3 is 0 Å². The Kier molecular flexibility index (Phi) is 15.5. The number of nitrogens with one attached hydrogen (secondary N) is 2. The fraction of sp³-hybridized carbons (Fsp3) is 0.909. The summed E-state index contributed by atoms with van der Waals surface area (Å²) >= 11 is 0. The highest BCUT2D eigenvalue weighted by Gasteiger charge is 2.22. The predicted octanol–water partition coefficient (Wildman–Crippen LogP) is 2.88. The Labute approximate surface area is 200 Å². The molecule has 0 atom stereocenters. The van der Waals surface area contributed by atoms with Crippen LogP contribution in [0.25, 0.3) is 0 Å². The predicted molar refractivity (Wildman–Crippen MR) is 134 cm³/mol. The Morgan fingerprint density at radius 2 is 1.80 bits per heavy atom. The lowest BCUT2D eigenvalue weighted by molar-refractivity contribution is -0.123. The molecule has 0 radical (unpaired) electrons. The zero-order chi connectivity index (χ0) is 20.7. The molecule has 1 aliphatic carbocycles. The van der Waals surface area contributed by atoms with E-state index < -0.39 is 0 Å². The van der Waals surface area contributed by atoms with E-state index in [1.165, 1.54) is 32.1 Å². The summed E-state index contributed by atoms with van der Waals surface area (Å²) in [5, 5.41) is 6.76. The van der Waals surface area contributed by atoms with E-state index in [1.54, 1.807) is 0 Å². The second kappa shape index (κ2) is 17.0. The second-order valence-corrected chi connectivity index (χ2v) is 8.40. The molecule has 7 nitrogen and oxygen atoms in total. The molecule has 176 valence electrons. The summed E-state index contributed by atoms with van der Waals surface area (Å²) in [6.45, 7) is 8.61. The Hall–Kier alpha value is -0.610. The van der Waals surface area contributed by atoms with Crippen LogP contribution >= 0.6 is 24.0 Å². The number of piperidine rings is 1. The first-order chi connectivity index (χ1) is 14.2. The van der Waals surface area contributed by atoms with E-state index in [9.17, 15) is 4.79 Å². The van der Waals surface area contributed by atoms with Gasteiger partial charge in [-0.25, -0.2) is 0 Å². The first-order valence-corrected chi connectivity index (χ1v) is 11.8. The standard InChI is InChI=1S/C22H43N5O2.HI/c1-2-24-22(26-14-8-18-29-20-9-4-3-5-10-20)25-13-6-7-15-27-16-11-19(12-17-27)21(23)28;/h19-20H,2-18H2,1H3,(H2,23,28)(H2,24,25,26);1H. The Bertz CT molecular complexity index is 478. The van der Waals surface area contributed by atoms with Crippen LogP contribution < -0.4 is 16.4 Å². The fourth-order valence-corrected chi connectivity index (χ4v) is 4.19. The molecule has 8 heteroatoms. The number of guanidine groups is 1. The molecule has 1 saturated heterocycles. The number of hydrogen-bond donors (Lipinski definition) is 3. The quantitative estimate of drug-likeness (QED) is 0.154. The Balaban J connectivity index is 0.00000450. The lowest BCUT2D eigenvalue weighted by atomic mass is 9.96. The zero-order valence-corrected chi connectivity index (χ0v) is 21.2. The maximum atomic E-state index is 11.2. The number of carbonyl (C=O) groups excluding carboxylic acids is 1. The molecule has 1 amide bonds. The summed E-state index contributed by atoms with van der Waals surface area (Å²) < 4.78 is 5.97. The molecule has 1 heterocycles. The van der Waals surface area contributed by atoms with E-state index in [0.29, 0.717) is 6.10 Å². The van der Waals surface area contributed by atoms with Crippen molar-refractivity contribution >= 4 is 35.8 Å². The number of nitrogens with zero attached hydrogens (tertiary/aromatic N) is 2. The van der Waals surface area contributed by atoms with Crippen molar-refractivity contribution in [2.24, 2.45) is 16.6 Å². The molecule has 0 unspecified atom stereocenters. The van der Waals surface area contributed by atoms with Gasteiger partial charge in [-0.1, -0.05) is 19.3 Å². The van der Waals surface area contributed by atoms with E-state index in [2.05, 4.69) is 27.4 Å². The van der Waals surface area contributed by atoms with Crippen molar-refractivity contribution in [3.05, 3.63) is 0 Å². The summed E-state index contributed by atoms with van der Waals surface area (Å²) in [6.07, 6.45) is 12.0. The Morgan fingerprint density at radius 3 is 2.47 bits per heavy atom. The minimum atomic E-state index is -0.135. The third-order valence-corrected chi connectivity index (χ3v) is 6.01. The van der Waals surface area contributed by atoms with Crippen molar-refractivity contribution in [3.8, 4) is 0 Å². The molecule has 0 aromatic carbocycles. The molecular weight excluding hydrogens is 493 g/mol. The van der Waals surface area contributed by atoms with Crippen molar-refractivity contribution in [3.63, 3.8) is 0 Å². The van der Waals surface area contributed by atoms with E-state index in [-0.39, 0.29) is 35.8 Å². The summed E-state index contributed by atoms with van der Waals surface area (Å²) in [7, 11) is 0. The third-order valence-electron chi connectivity index (χ3n) is 6.01. The second-order valence-electron chi connectivity index (χ2n) is 8.40. The van der Waals surface area contributed by atoms with Gasteiger partial charge in [-0.15, -0.1) is 24.0 Å². The van der Waals surface area contributed by atoms with Gasteiger partial charge in [-0.05, 0) is 71.5 Å². The van der Waals surface area contributed by atoms with Crippen molar-refractivity contribution in [1.29, 1.82) is 0 Å². The summed E-state index contributed by atoms with van der Waals surface area (Å²) in [5.41, 5.74) is 5.40. The van der Waals surface area contributed by atoms with Crippen LogP contribution in [-0.2, 0) is 9.53 Å². The van der Waals surface area contributed by atoms with Crippen LogP contribution in [-0.4, -0.2) is 68.7 Å². The molecule has 4 N–H and O–H groups in total. The first kappa shape index (κ1) is 27.4. The number of unbranched alkanes of at least 4 members (excludes halogenated alkanes) is 1. The van der Waals surface area contributed by atoms with Gasteiger partial charge in [0, 0.05) is 32.2 Å². The van der Waals surface area contributed by atoms with Crippen molar-refractivity contribution in [2.45, 2.75) is 77.2 Å². The molecule has 30 heavy (non-hydrogen) atoms. The average Bonchev–Trinajstić information content (AvgIpc) is 2.74. The largest absolute Gasteiger partial charge is 0.378 e. The molecule has 1 saturated carbocycles. The number of halogens is 1. The summed E-state index contributed by atoms with van der Waals surface area (Å²) in [4.78, 5) is 18.4. The van der Waals surface area contributed by atoms with Gasteiger partial charge in [0.1, 0.15) is 0 Å². The van der Waals surface area contributed by atoms with E-state index in [1.807, 2.05) is 0 Å². The van der Waals surface area contributed by atoms with Crippen molar-refractivity contribution in [2.75, 3.05) is 45.9 Å². The van der Waals surface area contributed by atoms with Crippen molar-refractivity contribution < 1.29 is 9.53 Å². The highest BCUT2D eigenvalue weighted by atomic mass is 127. The summed E-state index contributed by atoms with van der Waals surface area (Å²) in [6, 6.07) is 0. The van der Waals surface area contributed by atoms with Crippen LogP contribution in [0.15, 0.2) is 4.99 Å². The minimum Gasteiger partial charge on any atom is -0.378 e. The van der Waals surface area contributed by atoms with Crippen LogP contribution in [0, 0.1) is 5.92 Å². The number of aliphatic imine (C=N–C) groups is 1. The van der Waals surface area contributed by atoms with Gasteiger partial charge in [0.2, 0.25) is 5.91 Å².